The summed E-state index contributed by atoms with van der Waals surface area (Å²) in [5.74, 6) is -0.779. The second kappa shape index (κ2) is 6.59. The van der Waals surface area contributed by atoms with Crippen LogP contribution in [0.4, 0.5) is 10.1 Å². The number of halogens is 1. The van der Waals surface area contributed by atoms with Crippen molar-refractivity contribution < 1.29 is 9.18 Å². The summed E-state index contributed by atoms with van der Waals surface area (Å²) >= 11 is 1.52. The van der Waals surface area contributed by atoms with Gasteiger partial charge < -0.3 is 5.32 Å². The molecular weight excluding hydrogens is 365 g/mol. The van der Waals surface area contributed by atoms with Crippen molar-refractivity contribution in [1.29, 1.82) is 0 Å². The Kier molecular flexibility index (Phi) is 4.24. The van der Waals surface area contributed by atoms with Crippen molar-refractivity contribution in [2.75, 3.05) is 5.32 Å². The molecule has 2 aromatic heterocycles. The minimum absolute atomic E-state index is 0.296. The fourth-order valence-corrected chi connectivity index (χ4v) is 4.17. The molecule has 0 bridgehead atoms. The number of hydrogen-bond donors (Lipinski definition) is 1. The minimum atomic E-state index is -0.815. The van der Waals surface area contributed by atoms with Gasteiger partial charge in [-0.25, -0.2) is 9.07 Å². The van der Waals surface area contributed by atoms with E-state index >= 15 is 0 Å². The normalized spacial score (nSPS) is 12.4. The zero-order chi connectivity index (χ0) is 19.1. The zero-order valence-electron chi connectivity index (χ0n) is 14.7. The zero-order valence-corrected chi connectivity index (χ0v) is 15.5. The number of nitrogens with one attached hydrogen (secondary N) is 1. The lowest BCUT2D eigenvalue weighted by Gasteiger charge is -2.15. The molecule has 4 aromatic rings. The topological polar surface area (TPSA) is 64.0 Å². The number of aromatic nitrogens is 2. The number of fused-ring (bicyclic) bond motifs is 3. The van der Waals surface area contributed by atoms with Gasteiger partial charge in [0.25, 0.3) is 5.56 Å². The second-order valence-electron chi connectivity index (χ2n) is 6.31. The summed E-state index contributed by atoms with van der Waals surface area (Å²) in [6.45, 7) is 3.45. The smallest absolute Gasteiger partial charge is 0.276 e. The second-order valence-corrected chi connectivity index (χ2v) is 7.36. The third-order valence-corrected chi connectivity index (χ3v) is 5.74. The number of carbonyl (C=O) groups is 1. The first-order chi connectivity index (χ1) is 13.0. The minimum Gasteiger partial charge on any atom is -0.324 e. The van der Waals surface area contributed by atoms with Crippen LogP contribution >= 0.6 is 11.3 Å². The molecule has 0 radical (unpaired) electrons. The molecule has 0 aliphatic carbocycles. The van der Waals surface area contributed by atoms with Gasteiger partial charge in [-0.1, -0.05) is 18.2 Å². The van der Waals surface area contributed by atoms with Gasteiger partial charge in [0.15, 0.2) is 0 Å². The van der Waals surface area contributed by atoms with E-state index in [9.17, 15) is 14.0 Å². The number of anilines is 1. The van der Waals surface area contributed by atoms with E-state index in [4.69, 9.17) is 0 Å². The summed E-state index contributed by atoms with van der Waals surface area (Å²) in [4.78, 5) is 25.7. The average molecular weight is 381 g/mol. The number of benzene rings is 2. The number of thiophene rings is 1. The number of aryl methyl sites for hydroxylation is 1. The highest BCUT2D eigenvalue weighted by Gasteiger charge is 2.22. The third-order valence-electron chi connectivity index (χ3n) is 4.46. The molecule has 2 heterocycles. The van der Waals surface area contributed by atoms with Crippen LogP contribution in [0.5, 0.6) is 0 Å². The number of hydrogen-bond acceptors (Lipinski definition) is 4. The first-order valence-corrected chi connectivity index (χ1v) is 9.24. The lowest BCUT2D eigenvalue weighted by molar-refractivity contribution is -0.119. The van der Waals surface area contributed by atoms with E-state index < -0.39 is 11.9 Å². The monoisotopic (exact) mass is 381 g/mol. The Hall–Kier alpha value is -3.06. The van der Waals surface area contributed by atoms with Gasteiger partial charge in [0.1, 0.15) is 11.9 Å². The molecule has 4 rings (SSSR count). The molecule has 0 spiro atoms. The third kappa shape index (κ3) is 3.00. The van der Waals surface area contributed by atoms with E-state index in [2.05, 4.69) is 10.4 Å². The van der Waals surface area contributed by atoms with Crippen LogP contribution < -0.4 is 10.9 Å². The average Bonchev–Trinajstić information content (AvgIpc) is 3.06. The summed E-state index contributed by atoms with van der Waals surface area (Å²) < 4.78 is 16.1. The molecule has 1 atom stereocenters. The summed E-state index contributed by atoms with van der Waals surface area (Å²) in [5, 5.41) is 8.51. The summed E-state index contributed by atoms with van der Waals surface area (Å²) in [6.07, 6.45) is 0. The van der Waals surface area contributed by atoms with Crippen LogP contribution in [0.3, 0.4) is 0 Å². The van der Waals surface area contributed by atoms with E-state index in [-0.39, 0.29) is 11.4 Å². The molecule has 0 aliphatic rings. The van der Waals surface area contributed by atoms with Crippen molar-refractivity contribution >= 4 is 43.1 Å². The Labute approximate surface area is 158 Å². The maximum Gasteiger partial charge on any atom is 0.276 e. The molecule has 0 fully saturated rings. The molecule has 7 heteroatoms. The first-order valence-electron chi connectivity index (χ1n) is 8.43. The lowest BCUT2D eigenvalue weighted by atomic mass is 10.2. The highest BCUT2D eigenvalue weighted by Crippen LogP contribution is 2.32. The van der Waals surface area contributed by atoms with Gasteiger partial charge in [0.05, 0.1) is 15.8 Å². The SMILES string of the molecule is Cc1nn([C@@H](C)C(=O)Nc2ccc(F)cc2)c(=O)c2c1sc1ccccc12. The lowest BCUT2D eigenvalue weighted by Crippen LogP contribution is -2.33. The quantitative estimate of drug-likeness (QED) is 0.577. The van der Waals surface area contributed by atoms with Gasteiger partial charge in [-0.2, -0.15) is 5.10 Å². The van der Waals surface area contributed by atoms with Crippen molar-refractivity contribution in [2.45, 2.75) is 19.9 Å². The number of amides is 1. The molecule has 1 amide bonds. The Morgan fingerprint density at radius 1 is 1.19 bits per heavy atom. The van der Waals surface area contributed by atoms with Crippen LogP contribution in [0.25, 0.3) is 20.2 Å². The highest BCUT2D eigenvalue weighted by atomic mass is 32.1. The highest BCUT2D eigenvalue weighted by molar-refractivity contribution is 7.26. The van der Waals surface area contributed by atoms with E-state index in [1.807, 2.05) is 31.2 Å². The largest absolute Gasteiger partial charge is 0.324 e. The van der Waals surface area contributed by atoms with E-state index in [0.29, 0.717) is 16.8 Å². The number of carbonyl (C=O) groups excluding carboxylic acids is 1. The molecule has 2 aromatic carbocycles. The van der Waals surface area contributed by atoms with E-state index in [1.54, 1.807) is 6.92 Å². The Balaban J connectivity index is 1.77. The van der Waals surface area contributed by atoms with Gasteiger partial charge in [-0.05, 0) is 44.2 Å². The predicted molar refractivity (Wildman–Crippen MR) is 106 cm³/mol. The Bertz CT molecular complexity index is 1230. The van der Waals surface area contributed by atoms with Crippen LogP contribution in [0.1, 0.15) is 18.7 Å². The molecule has 0 saturated heterocycles. The standard InChI is InChI=1S/C20H16FN3O2S/c1-11-18-17(15-5-3-4-6-16(15)27-18)20(26)24(23-11)12(2)19(25)22-14-9-7-13(21)8-10-14/h3-10,12H,1-2H3,(H,22,25)/t12-/m0/s1. The summed E-state index contributed by atoms with van der Waals surface area (Å²) in [5.41, 5.74) is 0.863. The Morgan fingerprint density at radius 2 is 1.89 bits per heavy atom. The predicted octanol–water partition coefficient (Wildman–Crippen LogP) is 4.26. The van der Waals surface area contributed by atoms with Gasteiger partial charge in [0, 0.05) is 15.8 Å². The number of nitrogens with zero attached hydrogens (tertiary/aromatic N) is 2. The van der Waals surface area contributed by atoms with E-state index in [0.717, 1.165) is 14.8 Å². The van der Waals surface area contributed by atoms with Crippen molar-refractivity contribution in [1.82, 2.24) is 9.78 Å². The van der Waals surface area contributed by atoms with Gasteiger partial charge in [0.2, 0.25) is 5.91 Å². The molecule has 5 nitrogen and oxygen atoms in total. The summed E-state index contributed by atoms with van der Waals surface area (Å²) in [6, 6.07) is 12.3. The first kappa shape index (κ1) is 17.4. The maximum absolute atomic E-state index is 13.1. The van der Waals surface area contributed by atoms with Crippen molar-refractivity contribution in [3.8, 4) is 0 Å². The molecule has 27 heavy (non-hydrogen) atoms. The molecule has 0 saturated carbocycles. The molecule has 0 aliphatic heterocycles. The van der Waals surface area contributed by atoms with Crippen LogP contribution in [0, 0.1) is 12.7 Å². The maximum atomic E-state index is 13.1. The summed E-state index contributed by atoms with van der Waals surface area (Å²) in [7, 11) is 0. The Morgan fingerprint density at radius 3 is 2.63 bits per heavy atom. The molecule has 136 valence electrons. The van der Waals surface area contributed by atoms with Crippen LogP contribution in [0.15, 0.2) is 53.3 Å². The van der Waals surface area contributed by atoms with Crippen LogP contribution in [-0.4, -0.2) is 15.7 Å². The fourth-order valence-electron chi connectivity index (χ4n) is 3.03. The fraction of sp³-hybridized carbons (Fsp3) is 0.150. The van der Waals surface area contributed by atoms with Gasteiger partial charge in [-0.3, -0.25) is 9.59 Å². The van der Waals surface area contributed by atoms with Gasteiger partial charge >= 0.3 is 0 Å². The van der Waals surface area contributed by atoms with Crippen molar-refractivity contribution in [3.05, 3.63) is 70.4 Å². The van der Waals surface area contributed by atoms with E-state index in [1.165, 1.54) is 40.3 Å². The van der Waals surface area contributed by atoms with Gasteiger partial charge in [-0.15, -0.1) is 11.3 Å². The van der Waals surface area contributed by atoms with Crippen molar-refractivity contribution in [3.63, 3.8) is 0 Å². The van der Waals surface area contributed by atoms with Crippen LogP contribution in [-0.2, 0) is 4.79 Å². The molecule has 0 unspecified atom stereocenters. The molecule has 1 N–H and O–H groups in total. The van der Waals surface area contributed by atoms with Crippen molar-refractivity contribution in [2.24, 2.45) is 0 Å². The number of rotatable bonds is 3. The molecular formula is C20H16FN3O2S. The van der Waals surface area contributed by atoms with Crippen LogP contribution in [0.2, 0.25) is 0 Å².